The van der Waals surface area contributed by atoms with E-state index in [-0.39, 0.29) is 118 Å². The molecule has 8 amide bonds. The summed E-state index contributed by atoms with van der Waals surface area (Å²) in [6, 6.07) is 8.86. The van der Waals surface area contributed by atoms with Crippen LogP contribution in [0.5, 0.6) is 5.75 Å². The minimum Gasteiger partial charge on any atom is -0.505 e. The van der Waals surface area contributed by atoms with Crippen molar-refractivity contribution in [3.05, 3.63) is 137 Å². The predicted molar refractivity (Wildman–Crippen MR) is 457 cm³/mol. The molecule has 9 aliphatic heterocycles. The number of Topliss-reactive ketones (excluding diaryl/α,β-unsaturated/α-hetero) is 2. The number of benzene rings is 2. The van der Waals surface area contributed by atoms with Crippen molar-refractivity contribution >= 4 is 104 Å². The second-order valence-electron chi connectivity index (χ2n) is 33.1. The number of fused-ring (bicyclic) bond motifs is 7. The third kappa shape index (κ3) is 23.9. The fraction of sp³-hybridized carbons (Fsp3) is 0.568. The quantitative estimate of drug-likeness (QED) is 0.0982. The van der Waals surface area contributed by atoms with E-state index in [9.17, 15) is 61.8 Å². The highest BCUT2D eigenvalue weighted by Gasteiger charge is 2.52. The van der Waals surface area contributed by atoms with Crippen LogP contribution in [0.4, 0.5) is 5.69 Å². The fourth-order valence-corrected chi connectivity index (χ4v) is 20.6. The number of hydrogen-bond donors (Lipinski definition) is 6. The Hall–Kier alpha value is -9.96. The number of thioether (sulfide) groups is 1. The number of allylic oxidation sites excluding steroid dienone is 3. The first-order chi connectivity index (χ1) is 57.7. The van der Waals surface area contributed by atoms with Crippen LogP contribution in [0.1, 0.15) is 147 Å². The second kappa shape index (κ2) is 42.7. The molecule has 656 valence electrons. The van der Waals surface area contributed by atoms with Crippen molar-refractivity contribution in [1.82, 2.24) is 55.7 Å². The maximum Gasteiger partial charge on any atom is 0.333 e. The van der Waals surface area contributed by atoms with Gasteiger partial charge < -0.3 is 75.3 Å². The molecule has 14 atom stereocenters. The highest BCUT2D eigenvalue weighted by Crippen LogP contribution is 2.39. The van der Waals surface area contributed by atoms with E-state index in [0.717, 1.165) is 49.3 Å². The number of carbonyl (C=O) groups is 12. The van der Waals surface area contributed by atoms with Crippen molar-refractivity contribution in [3.8, 4) is 5.75 Å². The van der Waals surface area contributed by atoms with E-state index in [1.807, 2.05) is 75.9 Å². The van der Waals surface area contributed by atoms with E-state index < -0.39 is 152 Å². The molecule has 121 heavy (non-hydrogen) atoms. The summed E-state index contributed by atoms with van der Waals surface area (Å²) in [7, 11) is 1.49. The average Bonchev–Trinajstić information content (AvgIpc) is 1.34. The van der Waals surface area contributed by atoms with Crippen LogP contribution in [-0.4, -0.2) is 293 Å². The number of likely N-dealkylation sites (N-methyl/N-ethyl adjacent to an activating group) is 1. The Labute approximate surface area is 713 Å². The second-order valence-corrected chi connectivity index (χ2v) is 36.7. The molecular weight excluding hydrogens is 1590 g/mol. The number of aromatic hydroxyl groups is 1. The summed E-state index contributed by atoms with van der Waals surface area (Å²) in [5, 5.41) is 30.9. The van der Waals surface area contributed by atoms with Crippen LogP contribution in [-0.2, 0) is 78.5 Å². The van der Waals surface area contributed by atoms with E-state index >= 15 is 14.4 Å². The molecule has 1 aromatic heterocycles. The van der Waals surface area contributed by atoms with Crippen LogP contribution < -0.4 is 26.2 Å². The van der Waals surface area contributed by atoms with Gasteiger partial charge in [-0.2, -0.15) is 11.8 Å². The molecule has 31 nitrogen and oxygen atoms in total. The lowest BCUT2D eigenvalue weighted by molar-refractivity contribution is -0.161. The van der Waals surface area contributed by atoms with Crippen LogP contribution >= 0.6 is 11.8 Å². The van der Waals surface area contributed by atoms with Crippen LogP contribution in [0.3, 0.4) is 0 Å². The normalized spacial score (nSPS) is 29.5. The van der Waals surface area contributed by atoms with Gasteiger partial charge in [-0.15, -0.1) is 0 Å². The minimum atomic E-state index is -3.84. The summed E-state index contributed by atoms with van der Waals surface area (Å²) < 4.78 is 39.5. The molecule has 6 N–H and O–H groups in total. The zero-order valence-electron chi connectivity index (χ0n) is 71.2. The van der Waals surface area contributed by atoms with Crippen molar-refractivity contribution < 1.29 is 85.6 Å². The number of carbonyl (C=O) groups excluding carboxylic acids is 12. The largest absolute Gasteiger partial charge is 0.505 e. The van der Waals surface area contributed by atoms with Crippen molar-refractivity contribution in [3.63, 3.8) is 0 Å². The summed E-state index contributed by atoms with van der Waals surface area (Å²) in [5.41, 5.74) is 2.70. The third-order valence-corrected chi connectivity index (χ3v) is 27.9. The molecule has 3 aromatic rings. The van der Waals surface area contributed by atoms with Gasteiger partial charge in [0.05, 0.1) is 17.1 Å². The Bertz CT molecular complexity index is 4540. The number of aromatic nitrogens is 1. The van der Waals surface area contributed by atoms with Crippen molar-refractivity contribution in [2.45, 2.75) is 197 Å². The molecule has 7 fully saturated rings. The van der Waals surface area contributed by atoms with Crippen LogP contribution in [0, 0.1) is 23.7 Å². The molecule has 9 aliphatic rings. The number of aliphatic hydroxyl groups is 1. The van der Waals surface area contributed by atoms with Gasteiger partial charge in [-0.3, -0.25) is 52.9 Å². The number of aliphatic hydroxyl groups excluding tert-OH is 1. The lowest BCUT2D eigenvalue weighted by Gasteiger charge is -2.45. The molecule has 10 heterocycles. The average molecular weight is 1710 g/mol. The molecule has 2 aromatic carbocycles. The number of pyridine rings is 1. The van der Waals surface area contributed by atoms with Gasteiger partial charge in [0, 0.05) is 133 Å². The number of ether oxygens (including phenoxy) is 2. The molecule has 0 radical (unpaired) electrons. The first-order valence-electron chi connectivity index (χ1n) is 42.2. The number of nitrogens with zero attached hydrogens (tertiary/aromatic N) is 9. The van der Waals surface area contributed by atoms with Gasteiger partial charge in [-0.1, -0.05) is 114 Å². The minimum absolute atomic E-state index is 0.0166. The SMILES string of the molecule is CCC1NC(=O)C(NC(=O)c2ncccc2O)C(C)OC(=O)C(c2ccccc2)NC(=O)C2CC(=O)C(CSC3CN4CCC3CC4)CN2C(=O)C(Cc2ccc(N(C)C)cc2)N(C)C(=O)C2CCCN2C1=O.CCN(CC)CCS(=O)(=O)C1CCN2C(=O)C3=CCC(=N3)CC(=O)CC(O)/C=C(C)/C=C\CNC(=O)/C=C/C(C)C(C(C)C)OC(=O)C12. The first-order valence-corrected chi connectivity index (χ1v) is 45.0. The summed E-state index contributed by atoms with van der Waals surface area (Å²) in [4.78, 5) is 191. The number of anilines is 1. The Morgan fingerprint density at radius 1 is 0.785 bits per heavy atom. The number of esters is 2. The number of sulfone groups is 1. The van der Waals surface area contributed by atoms with Gasteiger partial charge >= 0.3 is 11.9 Å². The number of aliphatic imine (C=N–C) groups is 1. The highest BCUT2D eigenvalue weighted by atomic mass is 32.2. The van der Waals surface area contributed by atoms with E-state index in [2.05, 4.69) is 36.1 Å². The first kappa shape index (κ1) is 93.3. The van der Waals surface area contributed by atoms with E-state index in [1.54, 1.807) is 93.2 Å². The number of hydrogen-bond acceptors (Lipinski definition) is 24. The molecule has 4 bridgehead atoms. The molecule has 0 spiro atoms. The molecule has 33 heteroatoms. The number of amides is 8. The summed E-state index contributed by atoms with van der Waals surface area (Å²) in [5.74, 6) is -8.63. The Kier molecular flexibility index (Phi) is 32.9. The lowest BCUT2D eigenvalue weighted by Crippen LogP contribution is -2.63. The van der Waals surface area contributed by atoms with Gasteiger partial charge in [0.25, 0.3) is 11.8 Å². The zero-order valence-corrected chi connectivity index (χ0v) is 72.8. The van der Waals surface area contributed by atoms with Crippen LogP contribution in [0.2, 0.25) is 0 Å². The predicted octanol–water partition coefficient (Wildman–Crippen LogP) is 4.87. The lowest BCUT2D eigenvalue weighted by atomic mass is 9.88. The summed E-state index contributed by atoms with van der Waals surface area (Å²) in [6.07, 6.45) is 10.4. The van der Waals surface area contributed by atoms with Crippen molar-refractivity contribution in [2.75, 3.05) is 103 Å². The number of rotatable bonds is 17. The number of nitrogens with one attached hydrogen (secondary N) is 4. The molecule has 0 saturated carbocycles. The Balaban J connectivity index is 0.000000278. The molecular formula is C88H119N13O18S2. The molecule has 0 aliphatic carbocycles. The maximum absolute atomic E-state index is 15.7. The molecule has 14 unspecified atom stereocenters. The smallest absolute Gasteiger partial charge is 0.333 e. The molecule has 12 rings (SSSR count). The van der Waals surface area contributed by atoms with Gasteiger partial charge in [-0.25, -0.2) is 23.0 Å². The Morgan fingerprint density at radius 3 is 2.17 bits per heavy atom. The van der Waals surface area contributed by atoms with Crippen LogP contribution in [0.15, 0.2) is 126 Å². The fourth-order valence-electron chi connectivity index (χ4n) is 17.0. The van der Waals surface area contributed by atoms with Gasteiger partial charge in [-0.05, 0) is 138 Å². The topological polar surface area (TPSA) is 394 Å². The van der Waals surface area contributed by atoms with Gasteiger partial charge in [0.15, 0.2) is 21.6 Å². The monoisotopic (exact) mass is 1710 g/mol. The number of piperidine rings is 4. The van der Waals surface area contributed by atoms with Crippen LogP contribution in [0.25, 0.3) is 0 Å². The van der Waals surface area contributed by atoms with E-state index in [0.29, 0.717) is 48.7 Å². The number of cyclic esters (lactones) is 2. The summed E-state index contributed by atoms with van der Waals surface area (Å²) in [6.45, 7) is 19.2. The van der Waals surface area contributed by atoms with Crippen molar-refractivity contribution in [1.29, 1.82) is 0 Å². The Morgan fingerprint density at radius 2 is 1.50 bits per heavy atom. The van der Waals surface area contributed by atoms with Gasteiger partial charge in [0.1, 0.15) is 71.5 Å². The highest BCUT2D eigenvalue weighted by molar-refractivity contribution is 8.00. The maximum atomic E-state index is 15.7. The van der Waals surface area contributed by atoms with Gasteiger partial charge in [0.2, 0.25) is 35.4 Å². The number of ketones is 2. The third-order valence-electron chi connectivity index (χ3n) is 24.1. The molecule has 7 saturated heterocycles. The zero-order chi connectivity index (χ0) is 87.7. The van der Waals surface area contributed by atoms with Crippen molar-refractivity contribution in [2.24, 2.45) is 28.7 Å². The van der Waals surface area contributed by atoms with E-state index in [4.69, 9.17) is 9.47 Å². The standard InChI is InChI=1S/C53H67N9O10S.C35H52N4O8S/c1-6-37-50(68)61-23-11-14-38(61)51(69)59(5)40(26-32-16-18-36(19-17-32)58(3)4)52(70)62-28-35(30-73-43-29-60-24-20-33(43)21-25-60)42(64)27-39(62)47(65)57-45(34-12-8-7-9-13-34)53(71)72-31(2)44(48(66)55-37)56-49(67)46-41(63)15-10-22-54-46;1-7-38(8-2)18-19-48(45,46)30-15-17-39-32(30)35(44)47-33(23(3)4)25(6)11-14-31(42)36-16-9-10-24(5)20-27(40)22-28(41)21-26-12-13-29(37-26)34(39)43/h7-10,12-13,15-19,22,31,33,35,37-40,43-45,63H,6,11,14,20-21,23-30H2,1-5H3,(H,55,66)(H,56,67)(H,57,65);9-11,13-14,20,23,25,27,30,32-33,40H,7-8,12,15-19,21-22H2,1-6H3,(H,36,42)/b;10-9-,14-11+,24-20+. The van der Waals surface area contributed by atoms with E-state index in [1.165, 1.54) is 58.0 Å². The summed E-state index contributed by atoms with van der Waals surface area (Å²) >= 11 is 1.73.